The summed E-state index contributed by atoms with van der Waals surface area (Å²) >= 11 is 0. The van der Waals surface area contributed by atoms with Gasteiger partial charge in [0.05, 0.1) is 23.7 Å². The van der Waals surface area contributed by atoms with Crippen molar-refractivity contribution in [3.05, 3.63) is 60.1 Å². The number of aromatic nitrogens is 2. The van der Waals surface area contributed by atoms with Crippen molar-refractivity contribution in [2.45, 2.75) is 37.9 Å². The lowest BCUT2D eigenvalue weighted by atomic mass is 9.95. The zero-order valence-corrected chi connectivity index (χ0v) is 21.1. The van der Waals surface area contributed by atoms with E-state index in [1.165, 1.54) is 24.4 Å². The summed E-state index contributed by atoms with van der Waals surface area (Å²) in [4.78, 5) is 46.8. The van der Waals surface area contributed by atoms with Gasteiger partial charge in [-0.15, -0.1) is 0 Å². The fourth-order valence-corrected chi connectivity index (χ4v) is 5.19. The SMILES string of the molecule is O=C(Nc1ccc(N[C@H]2CCN(C(=O)[C@H]3CCC[C@@H]3C(=O)O)C2)nc1)c1nc(-c2ccccc2)oc1C(F)(F)F. The summed E-state index contributed by atoms with van der Waals surface area (Å²) in [6.45, 7) is 0.898. The molecule has 2 aromatic heterocycles. The highest BCUT2D eigenvalue weighted by Gasteiger charge is 2.43. The number of alkyl halides is 3. The number of anilines is 2. The number of carboxylic acid groups (broad SMARTS) is 1. The number of aliphatic carboxylic acids is 1. The molecule has 1 aliphatic carbocycles. The molecule has 1 saturated carbocycles. The number of benzene rings is 1. The second-order valence-electron chi connectivity index (χ2n) is 9.84. The molecule has 3 aromatic rings. The van der Waals surface area contributed by atoms with Gasteiger partial charge in [0.25, 0.3) is 5.91 Å². The summed E-state index contributed by atoms with van der Waals surface area (Å²) in [5.41, 5.74) is -0.449. The number of carboxylic acids is 1. The van der Waals surface area contributed by atoms with Crippen LogP contribution in [0.4, 0.5) is 24.7 Å². The van der Waals surface area contributed by atoms with Crippen molar-refractivity contribution in [2.75, 3.05) is 23.7 Å². The molecule has 0 bridgehead atoms. The van der Waals surface area contributed by atoms with E-state index in [-0.39, 0.29) is 23.5 Å². The molecule has 1 aromatic carbocycles. The molecule has 10 nitrogen and oxygen atoms in total. The number of rotatable bonds is 7. The Hall–Kier alpha value is -4.42. The van der Waals surface area contributed by atoms with Crippen LogP contribution in [0.25, 0.3) is 11.5 Å². The van der Waals surface area contributed by atoms with E-state index in [2.05, 4.69) is 20.6 Å². The Bertz CT molecular complexity index is 1390. The minimum absolute atomic E-state index is 0.109. The Morgan fingerprint density at radius 1 is 1.02 bits per heavy atom. The van der Waals surface area contributed by atoms with Gasteiger partial charge >= 0.3 is 12.1 Å². The molecular formula is C27H26F3N5O5. The summed E-state index contributed by atoms with van der Waals surface area (Å²) in [7, 11) is 0. The van der Waals surface area contributed by atoms with Crippen molar-refractivity contribution in [3.8, 4) is 11.5 Å². The lowest BCUT2D eigenvalue weighted by Gasteiger charge is -2.23. The van der Waals surface area contributed by atoms with E-state index in [4.69, 9.17) is 4.42 Å². The fraction of sp³-hybridized carbons (Fsp3) is 0.370. The van der Waals surface area contributed by atoms with Crippen LogP contribution < -0.4 is 10.6 Å². The Morgan fingerprint density at radius 2 is 1.77 bits per heavy atom. The average molecular weight is 558 g/mol. The number of pyridine rings is 1. The monoisotopic (exact) mass is 557 g/mol. The van der Waals surface area contributed by atoms with Gasteiger partial charge in [-0.1, -0.05) is 24.6 Å². The van der Waals surface area contributed by atoms with Crippen LogP contribution in [0.3, 0.4) is 0 Å². The molecule has 1 aliphatic heterocycles. The topological polar surface area (TPSA) is 138 Å². The number of carbonyl (C=O) groups is 3. The minimum Gasteiger partial charge on any atom is -0.481 e. The van der Waals surface area contributed by atoms with Crippen LogP contribution >= 0.6 is 0 Å². The number of nitrogens with one attached hydrogen (secondary N) is 2. The maximum Gasteiger partial charge on any atom is 0.452 e. The molecule has 13 heteroatoms. The summed E-state index contributed by atoms with van der Waals surface area (Å²) in [6.07, 6.45) is -1.19. The lowest BCUT2D eigenvalue weighted by Crippen LogP contribution is -2.39. The van der Waals surface area contributed by atoms with Crippen LogP contribution in [0.15, 0.2) is 53.1 Å². The van der Waals surface area contributed by atoms with E-state index < -0.39 is 41.3 Å². The normalized spacial score (nSPS) is 20.9. The van der Waals surface area contributed by atoms with Crippen molar-refractivity contribution < 1.29 is 37.1 Å². The van der Waals surface area contributed by atoms with Crippen molar-refractivity contribution in [3.63, 3.8) is 0 Å². The third-order valence-electron chi connectivity index (χ3n) is 7.14. The highest BCUT2D eigenvalue weighted by molar-refractivity contribution is 6.04. The summed E-state index contributed by atoms with van der Waals surface area (Å²) in [5, 5.41) is 15.0. The summed E-state index contributed by atoms with van der Waals surface area (Å²) < 4.78 is 45.6. The second-order valence-corrected chi connectivity index (χ2v) is 9.84. The number of nitrogens with zero attached hydrogens (tertiary/aromatic N) is 3. The number of likely N-dealkylation sites (tertiary alicyclic amines) is 1. The van der Waals surface area contributed by atoms with Gasteiger partial charge in [0.15, 0.2) is 5.69 Å². The molecule has 0 spiro atoms. The smallest absolute Gasteiger partial charge is 0.452 e. The molecule has 3 N–H and O–H groups in total. The molecule has 2 fully saturated rings. The van der Waals surface area contributed by atoms with Crippen molar-refractivity contribution >= 4 is 29.3 Å². The third kappa shape index (κ3) is 5.77. The van der Waals surface area contributed by atoms with Crippen LogP contribution in [-0.4, -0.2) is 56.9 Å². The van der Waals surface area contributed by atoms with Crippen molar-refractivity contribution in [1.29, 1.82) is 0 Å². The van der Waals surface area contributed by atoms with Crippen molar-refractivity contribution in [2.24, 2.45) is 11.8 Å². The van der Waals surface area contributed by atoms with Crippen LogP contribution in [0.2, 0.25) is 0 Å². The van der Waals surface area contributed by atoms with Gasteiger partial charge in [-0.3, -0.25) is 14.4 Å². The van der Waals surface area contributed by atoms with Gasteiger partial charge in [-0.05, 0) is 43.5 Å². The first-order chi connectivity index (χ1) is 19.1. The standard InChI is InChI=1S/C27H26F3N5O5/c28-27(29,30)22-21(34-24(40-22)15-5-2-1-3-6-15)23(36)33-16-9-10-20(31-13-16)32-17-11-12-35(14-17)25(37)18-7-4-8-19(18)26(38)39/h1-3,5-6,9-10,13,17-19H,4,7-8,11-12,14H2,(H,31,32)(H,33,36)(H,38,39)/t17-,18-,19-/m0/s1. The van der Waals surface area contributed by atoms with Gasteiger partial charge in [0.2, 0.25) is 17.6 Å². The highest BCUT2D eigenvalue weighted by Crippen LogP contribution is 2.36. The predicted molar refractivity (Wildman–Crippen MR) is 136 cm³/mol. The van der Waals surface area contributed by atoms with E-state index in [1.807, 2.05) is 0 Å². The van der Waals surface area contributed by atoms with E-state index >= 15 is 0 Å². The Kier molecular flexibility index (Phi) is 7.46. The summed E-state index contributed by atoms with van der Waals surface area (Å²) in [6, 6.07) is 10.9. The Balaban J connectivity index is 1.21. The van der Waals surface area contributed by atoms with Crippen LogP contribution in [0.1, 0.15) is 41.9 Å². The average Bonchev–Trinajstić information content (AvgIpc) is 3.69. The first kappa shape index (κ1) is 27.2. The van der Waals surface area contributed by atoms with Crippen LogP contribution in [0, 0.1) is 11.8 Å². The zero-order chi connectivity index (χ0) is 28.4. The Morgan fingerprint density at radius 3 is 2.45 bits per heavy atom. The second kappa shape index (κ2) is 11.0. The van der Waals surface area contributed by atoms with Gasteiger partial charge in [-0.2, -0.15) is 13.2 Å². The molecule has 3 heterocycles. The molecule has 0 radical (unpaired) electrons. The number of carbonyl (C=O) groups excluding carboxylic acids is 2. The molecule has 3 atom stereocenters. The third-order valence-corrected chi connectivity index (χ3v) is 7.14. The molecule has 2 aliphatic rings. The largest absolute Gasteiger partial charge is 0.481 e. The van der Waals surface area contributed by atoms with Gasteiger partial charge < -0.3 is 25.1 Å². The number of hydrogen-bond acceptors (Lipinski definition) is 7. The van der Waals surface area contributed by atoms with Crippen molar-refractivity contribution in [1.82, 2.24) is 14.9 Å². The van der Waals surface area contributed by atoms with Crippen LogP contribution in [0.5, 0.6) is 0 Å². The molecular weight excluding hydrogens is 531 g/mol. The molecule has 210 valence electrons. The molecule has 40 heavy (non-hydrogen) atoms. The van der Waals surface area contributed by atoms with Gasteiger partial charge in [0, 0.05) is 24.7 Å². The number of oxazole rings is 1. The maximum absolute atomic E-state index is 13.6. The number of hydrogen-bond donors (Lipinski definition) is 3. The van der Waals surface area contributed by atoms with E-state index in [0.717, 1.165) is 6.42 Å². The predicted octanol–water partition coefficient (Wildman–Crippen LogP) is 4.52. The molecule has 2 amide bonds. The lowest BCUT2D eigenvalue weighted by molar-refractivity contribution is -0.153. The number of amides is 2. The number of halogens is 3. The van der Waals surface area contributed by atoms with Gasteiger partial charge in [-0.25, -0.2) is 9.97 Å². The molecule has 1 saturated heterocycles. The molecule has 0 unspecified atom stereocenters. The van der Waals surface area contributed by atoms with E-state index in [9.17, 15) is 32.7 Å². The van der Waals surface area contributed by atoms with E-state index in [1.54, 1.807) is 29.2 Å². The molecule has 5 rings (SSSR count). The minimum atomic E-state index is -4.93. The van der Waals surface area contributed by atoms with Crippen LogP contribution in [-0.2, 0) is 15.8 Å². The first-order valence-corrected chi connectivity index (χ1v) is 12.8. The highest BCUT2D eigenvalue weighted by atomic mass is 19.4. The van der Waals surface area contributed by atoms with E-state index in [0.29, 0.717) is 43.7 Å². The van der Waals surface area contributed by atoms with Gasteiger partial charge in [0.1, 0.15) is 5.82 Å². The first-order valence-electron chi connectivity index (χ1n) is 12.8. The Labute approximate surface area is 226 Å². The zero-order valence-electron chi connectivity index (χ0n) is 21.1. The fourth-order valence-electron chi connectivity index (χ4n) is 5.19. The maximum atomic E-state index is 13.6. The quantitative estimate of drug-likeness (QED) is 0.386. The summed E-state index contributed by atoms with van der Waals surface area (Å²) in [5.74, 6) is -4.68.